The first-order valence-corrected chi connectivity index (χ1v) is 5.69. The maximum absolute atomic E-state index is 11.7. The number of carbonyl (C=O) groups is 3. The second kappa shape index (κ2) is 5.65. The number of likely N-dealkylation sites (N-methyl/N-ethyl adjacent to an activating group) is 1. The summed E-state index contributed by atoms with van der Waals surface area (Å²) in [6.45, 7) is 2.54. The number of carbonyl (C=O) groups excluding carboxylic acids is 2. The third-order valence-corrected chi connectivity index (χ3v) is 3.10. The molecule has 6 nitrogen and oxygen atoms in total. The Balaban J connectivity index is 2.38. The van der Waals surface area contributed by atoms with Crippen LogP contribution in [0.2, 0.25) is 0 Å². The minimum absolute atomic E-state index is 0.0757. The Morgan fingerprint density at radius 2 is 2.18 bits per heavy atom. The summed E-state index contributed by atoms with van der Waals surface area (Å²) in [7, 11) is 1.47. The number of likely N-dealkylation sites (tertiary alicyclic amines) is 1. The number of hydrogen-bond donors (Lipinski definition) is 1. The molecule has 0 saturated carbocycles. The summed E-state index contributed by atoms with van der Waals surface area (Å²) < 4.78 is 0. The van der Waals surface area contributed by atoms with Gasteiger partial charge in [-0.05, 0) is 13.3 Å². The van der Waals surface area contributed by atoms with Gasteiger partial charge in [-0.25, -0.2) is 4.79 Å². The van der Waals surface area contributed by atoms with E-state index in [4.69, 9.17) is 5.11 Å². The van der Waals surface area contributed by atoms with Crippen LogP contribution in [0.25, 0.3) is 0 Å². The van der Waals surface area contributed by atoms with Gasteiger partial charge >= 0.3 is 5.97 Å². The normalized spacial score (nSPS) is 17.1. The van der Waals surface area contributed by atoms with Gasteiger partial charge in [0.2, 0.25) is 11.8 Å². The maximum Gasteiger partial charge on any atom is 0.326 e. The molecular formula is C11H18N2O4. The minimum atomic E-state index is -1.03. The molecule has 0 aromatic heterocycles. The monoisotopic (exact) mass is 242 g/mol. The number of aliphatic carboxylic acids is 1. The van der Waals surface area contributed by atoms with Crippen LogP contribution >= 0.6 is 0 Å². The van der Waals surface area contributed by atoms with Gasteiger partial charge in [0, 0.05) is 33.0 Å². The van der Waals surface area contributed by atoms with Crippen molar-refractivity contribution >= 4 is 17.8 Å². The summed E-state index contributed by atoms with van der Waals surface area (Å²) in [4.78, 5) is 36.5. The van der Waals surface area contributed by atoms with E-state index < -0.39 is 12.0 Å². The topological polar surface area (TPSA) is 77.9 Å². The van der Waals surface area contributed by atoms with Crippen molar-refractivity contribution in [1.82, 2.24) is 9.80 Å². The van der Waals surface area contributed by atoms with Crippen LogP contribution in [0, 0.1) is 0 Å². The molecule has 0 bridgehead atoms. The predicted molar refractivity (Wildman–Crippen MR) is 60.3 cm³/mol. The van der Waals surface area contributed by atoms with Gasteiger partial charge in [-0.3, -0.25) is 9.59 Å². The standard InChI is InChI=1S/C11H18N2O4/c1-8(11(16)17)12(2)9(14)5-7-13-6-3-4-10(13)15/h8H,3-7H2,1-2H3,(H,16,17). The van der Waals surface area contributed by atoms with E-state index in [9.17, 15) is 14.4 Å². The van der Waals surface area contributed by atoms with Gasteiger partial charge in [0.15, 0.2) is 0 Å². The van der Waals surface area contributed by atoms with Gasteiger partial charge in [0.1, 0.15) is 6.04 Å². The average Bonchev–Trinajstić information content (AvgIpc) is 2.69. The van der Waals surface area contributed by atoms with Crippen LogP contribution in [0.4, 0.5) is 0 Å². The van der Waals surface area contributed by atoms with Gasteiger partial charge in [-0.15, -0.1) is 0 Å². The molecule has 1 heterocycles. The first-order chi connectivity index (χ1) is 7.93. The lowest BCUT2D eigenvalue weighted by Gasteiger charge is -2.23. The number of carboxylic acid groups (broad SMARTS) is 1. The third kappa shape index (κ3) is 3.44. The molecule has 0 aromatic rings. The maximum atomic E-state index is 11.7. The molecule has 1 rings (SSSR count). The molecule has 1 atom stereocenters. The molecule has 1 aliphatic rings. The van der Waals surface area contributed by atoms with E-state index in [2.05, 4.69) is 0 Å². The lowest BCUT2D eigenvalue weighted by atomic mass is 10.2. The van der Waals surface area contributed by atoms with E-state index in [-0.39, 0.29) is 18.2 Å². The van der Waals surface area contributed by atoms with Gasteiger partial charge in [0.25, 0.3) is 0 Å². The summed E-state index contributed by atoms with van der Waals surface area (Å²) in [6.07, 6.45) is 1.57. The molecule has 6 heteroatoms. The second-order valence-electron chi connectivity index (χ2n) is 4.25. The molecule has 0 aromatic carbocycles. The molecular weight excluding hydrogens is 224 g/mol. The first kappa shape index (κ1) is 13.5. The number of carboxylic acids is 1. The van der Waals surface area contributed by atoms with Crippen LogP contribution in [-0.2, 0) is 14.4 Å². The van der Waals surface area contributed by atoms with Gasteiger partial charge in [0.05, 0.1) is 0 Å². The number of rotatable bonds is 5. The van der Waals surface area contributed by atoms with Crippen molar-refractivity contribution in [2.45, 2.75) is 32.2 Å². The highest BCUT2D eigenvalue weighted by Crippen LogP contribution is 2.10. The van der Waals surface area contributed by atoms with Gasteiger partial charge < -0.3 is 14.9 Å². The third-order valence-electron chi connectivity index (χ3n) is 3.10. The van der Waals surface area contributed by atoms with Crippen LogP contribution < -0.4 is 0 Å². The molecule has 0 radical (unpaired) electrons. The minimum Gasteiger partial charge on any atom is -0.480 e. The highest BCUT2D eigenvalue weighted by atomic mass is 16.4. The molecule has 1 aliphatic heterocycles. The zero-order valence-corrected chi connectivity index (χ0v) is 10.2. The quantitative estimate of drug-likeness (QED) is 0.732. The molecule has 0 aliphatic carbocycles. The number of amides is 2. The fourth-order valence-electron chi connectivity index (χ4n) is 1.73. The van der Waals surface area contributed by atoms with E-state index in [1.54, 1.807) is 4.90 Å². The SMILES string of the molecule is CC(C(=O)O)N(C)C(=O)CCN1CCCC1=O. The number of nitrogens with zero attached hydrogens (tertiary/aromatic N) is 2. The van der Waals surface area contributed by atoms with Crippen LogP contribution in [0.3, 0.4) is 0 Å². The average molecular weight is 242 g/mol. The number of hydrogen-bond acceptors (Lipinski definition) is 3. The van der Waals surface area contributed by atoms with Crippen molar-refractivity contribution in [3.8, 4) is 0 Å². The summed E-state index contributed by atoms with van der Waals surface area (Å²) in [5, 5.41) is 8.76. The fraction of sp³-hybridized carbons (Fsp3) is 0.727. The smallest absolute Gasteiger partial charge is 0.326 e. The van der Waals surface area contributed by atoms with E-state index in [0.29, 0.717) is 19.5 Å². The zero-order valence-electron chi connectivity index (χ0n) is 10.2. The Hall–Kier alpha value is -1.59. The molecule has 1 saturated heterocycles. The van der Waals surface area contributed by atoms with Crippen molar-refractivity contribution in [2.75, 3.05) is 20.1 Å². The molecule has 17 heavy (non-hydrogen) atoms. The van der Waals surface area contributed by atoms with Crippen molar-refractivity contribution in [3.63, 3.8) is 0 Å². The zero-order chi connectivity index (χ0) is 13.0. The highest BCUT2D eigenvalue weighted by molar-refractivity contribution is 5.84. The molecule has 0 spiro atoms. The van der Waals surface area contributed by atoms with Crippen LogP contribution in [0.5, 0.6) is 0 Å². The Bertz CT molecular complexity index is 329. The summed E-state index contributed by atoms with van der Waals surface area (Å²) in [6, 6.07) is -0.836. The summed E-state index contributed by atoms with van der Waals surface area (Å²) >= 11 is 0. The van der Waals surface area contributed by atoms with E-state index >= 15 is 0 Å². The second-order valence-corrected chi connectivity index (χ2v) is 4.25. The summed E-state index contributed by atoms with van der Waals surface area (Å²) in [5.41, 5.74) is 0. The first-order valence-electron chi connectivity index (χ1n) is 5.69. The fourth-order valence-corrected chi connectivity index (χ4v) is 1.73. The molecule has 2 amide bonds. The van der Waals surface area contributed by atoms with Crippen molar-refractivity contribution in [1.29, 1.82) is 0 Å². The lowest BCUT2D eigenvalue weighted by Crippen LogP contribution is -2.41. The molecule has 96 valence electrons. The van der Waals surface area contributed by atoms with E-state index in [1.165, 1.54) is 18.9 Å². The Morgan fingerprint density at radius 3 is 2.65 bits per heavy atom. The predicted octanol–water partition coefficient (Wildman–Crippen LogP) is -0.0696. The van der Waals surface area contributed by atoms with Crippen LogP contribution in [0.15, 0.2) is 0 Å². The Kier molecular flexibility index (Phi) is 4.48. The molecule has 1 unspecified atom stereocenters. The molecule has 1 N–H and O–H groups in total. The van der Waals surface area contributed by atoms with Gasteiger partial charge in [-0.2, -0.15) is 0 Å². The lowest BCUT2D eigenvalue weighted by molar-refractivity contribution is -0.148. The van der Waals surface area contributed by atoms with Crippen LogP contribution in [0.1, 0.15) is 26.2 Å². The van der Waals surface area contributed by atoms with Crippen molar-refractivity contribution in [2.24, 2.45) is 0 Å². The van der Waals surface area contributed by atoms with Crippen molar-refractivity contribution in [3.05, 3.63) is 0 Å². The van der Waals surface area contributed by atoms with E-state index in [1.807, 2.05) is 0 Å². The van der Waals surface area contributed by atoms with Crippen molar-refractivity contribution < 1.29 is 19.5 Å². The highest BCUT2D eigenvalue weighted by Gasteiger charge is 2.24. The Morgan fingerprint density at radius 1 is 1.53 bits per heavy atom. The Labute approximate surface area is 100 Å². The van der Waals surface area contributed by atoms with E-state index in [0.717, 1.165) is 6.42 Å². The molecule has 1 fully saturated rings. The largest absolute Gasteiger partial charge is 0.480 e. The summed E-state index contributed by atoms with van der Waals surface area (Å²) in [5.74, 6) is -1.20. The van der Waals surface area contributed by atoms with Crippen LogP contribution in [-0.4, -0.2) is 58.9 Å². The van der Waals surface area contributed by atoms with Gasteiger partial charge in [-0.1, -0.05) is 0 Å².